The minimum atomic E-state index is -0.428. The Kier molecular flexibility index (Phi) is 7.95. The summed E-state index contributed by atoms with van der Waals surface area (Å²) in [5.74, 6) is -0.00530. The molecule has 0 saturated carbocycles. The number of benzene rings is 1. The molecule has 10 heteroatoms. The number of halogens is 1. The fourth-order valence-corrected chi connectivity index (χ4v) is 5.49. The van der Waals surface area contributed by atoms with Gasteiger partial charge in [0, 0.05) is 36.7 Å². The number of rotatable bonds is 7. The van der Waals surface area contributed by atoms with Gasteiger partial charge in [-0.3, -0.25) is 9.59 Å². The van der Waals surface area contributed by atoms with Crippen LogP contribution >= 0.6 is 23.5 Å². The van der Waals surface area contributed by atoms with Crippen LogP contribution in [0, 0.1) is 12.8 Å². The van der Waals surface area contributed by atoms with E-state index < -0.39 is 5.91 Å². The van der Waals surface area contributed by atoms with Crippen LogP contribution in [0.1, 0.15) is 47.6 Å². The van der Waals surface area contributed by atoms with E-state index in [9.17, 15) is 9.59 Å². The van der Waals surface area contributed by atoms with Gasteiger partial charge >= 0.3 is 0 Å². The Balaban J connectivity index is 1.35. The SMILES string of the molecule is Cc1ccc(C(N)=O)cc1SN1CCC(n2ncc(NCC3CCCOC3)c(Cl)c2=O)CC1. The molecule has 1 atom stereocenters. The van der Waals surface area contributed by atoms with Gasteiger partial charge in [-0.15, -0.1) is 0 Å². The van der Waals surface area contributed by atoms with Crippen molar-refractivity contribution in [3.05, 3.63) is 50.9 Å². The van der Waals surface area contributed by atoms with Gasteiger partial charge in [0.2, 0.25) is 5.91 Å². The molecule has 3 N–H and O–H groups in total. The molecule has 2 aliphatic heterocycles. The Bertz CT molecular complexity index is 1050. The summed E-state index contributed by atoms with van der Waals surface area (Å²) in [6, 6.07) is 5.51. The van der Waals surface area contributed by atoms with Gasteiger partial charge in [0.25, 0.3) is 5.56 Å². The number of ether oxygens (including phenoxy) is 1. The van der Waals surface area contributed by atoms with E-state index in [-0.39, 0.29) is 16.6 Å². The number of carbonyl (C=O) groups excluding carboxylic acids is 1. The third-order valence-corrected chi connectivity index (χ3v) is 7.87. The van der Waals surface area contributed by atoms with Crippen LogP contribution in [-0.2, 0) is 4.74 Å². The molecule has 0 spiro atoms. The van der Waals surface area contributed by atoms with Crippen molar-refractivity contribution >= 4 is 35.1 Å². The first kappa shape index (κ1) is 24.1. The van der Waals surface area contributed by atoms with Crippen LogP contribution in [0.2, 0.25) is 5.02 Å². The molecule has 2 saturated heterocycles. The number of nitrogens with one attached hydrogen (secondary N) is 1. The summed E-state index contributed by atoms with van der Waals surface area (Å²) in [5, 5.41) is 7.90. The molecule has 2 aliphatic rings. The Morgan fingerprint density at radius 1 is 1.33 bits per heavy atom. The molecule has 0 bridgehead atoms. The van der Waals surface area contributed by atoms with E-state index in [1.165, 1.54) is 4.68 Å². The third kappa shape index (κ3) is 5.90. The van der Waals surface area contributed by atoms with Crippen LogP contribution in [-0.4, -0.2) is 52.8 Å². The minimum absolute atomic E-state index is 0.00527. The van der Waals surface area contributed by atoms with Gasteiger partial charge in [0.15, 0.2) is 0 Å². The van der Waals surface area contributed by atoms with Crippen molar-refractivity contribution in [2.45, 2.75) is 43.5 Å². The van der Waals surface area contributed by atoms with Gasteiger partial charge in [-0.1, -0.05) is 17.7 Å². The Hall–Kier alpha value is -2.07. The van der Waals surface area contributed by atoms with Crippen LogP contribution in [0.25, 0.3) is 0 Å². The molecule has 8 nitrogen and oxygen atoms in total. The minimum Gasteiger partial charge on any atom is -0.382 e. The average Bonchev–Trinajstić information content (AvgIpc) is 2.82. The molecule has 0 aliphatic carbocycles. The Morgan fingerprint density at radius 2 is 2.12 bits per heavy atom. The largest absolute Gasteiger partial charge is 0.382 e. The normalized spacial score (nSPS) is 20.0. The highest BCUT2D eigenvalue weighted by atomic mass is 35.5. The number of amides is 1. The quantitative estimate of drug-likeness (QED) is 0.571. The van der Waals surface area contributed by atoms with Crippen molar-refractivity contribution in [1.29, 1.82) is 0 Å². The van der Waals surface area contributed by atoms with Crippen molar-refractivity contribution in [3.63, 3.8) is 0 Å². The number of nitrogens with two attached hydrogens (primary N) is 1. The molecule has 4 rings (SSSR count). The van der Waals surface area contributed by atoms with Crippen molar-refractivity contribution in [2.75, 3.05) is 38.2 Å². The molecule has 2 fully saturated rings. The lowest BCUT2D eigenvalue weighted by Crippen LogP contribution is -2.36. The second-order valence-electron chi connectivity index (χ2n) is 8.68. The maximum absolute atomic E-state index is 12.9. The average molecular weight is 492 g/mol. The maximum Gasteiger partial charge on any atom is 0.287 e. The van der Waals surface area contributed by atoms with Crippen molar-refractivity contribution < 1.29 is 9.53 Å². The third-order valence-electron chi connectivity index (χ3n) is 6.25. The highest BCUT2D eigenvalue weighted by Gasteiger charge is 2.25. The number of hydrogen-bond donors (Lipinski definition) is 2. The molecule has 1 aromatic heterocycles. The van der Waals surface area contributed by atoms with E-state index in [0.717, 1.165) is 69.0 Å². The first-order chi connectivity index (χ1) is 15.9. The van der Waals surface area contributed by atoms with Crippen LogP contribution in [0.15, 0.2) is 34.1 Å². The number of nitrogens with zero attached hydrogens (tertiary/aromatic N) is 3. The van der Waals surface area contributed by atoms with Crippen LogP contribution in [0.5, 0.6) is 0 Å². The zero-order valence-electron chi connectivity index (χ0n) is 18.8. The number of aryl methyl sites for hydroxylation is 1. The van der Waals surface area contributed by atoms with Crippen LogP contribution in [0.3, 0.4) is 0 Å². The van der Waals surface area contributed by atoms with Gasteiger partial charge < -0.3 is 15.8 Å². The number of hydrogen-bond acceptors (Lipinski definition) is 7. The first-order valence-corrected chi connectivity index (χ1v) is 12.5. The molecule has 1 amide bonds. The number of piperidine rings is 1. The lowest BCUT2D eigenvalue weighted by atomic mass is 10.0. The molecule has 33 heavy (non-hydrogen) atoms. The second-order valence-corrected chi connectivity index (χ2v) is 10.2. The van der Waals surface area contributed by atoms with E-state index in [4.69, 9.17) is 22.1 Å². The summed E-state index contributed by atoms with van der Waals surface area (Å²) in [4.78, 5) is 25.4. The Morgan fingerprint density at radius 3 is 2.82 bits per heavy atom. The fraction of sp³-hybridized carbons (Fsp3) is 0.522. The number of primary amides is 1. The summed E-state index contributed by atoms with van der Waals surface area (Å²) in [6.45, 7) is 5.88. The maximum atomic E-state index is 12.9. The van der Waals surface area contributed by atoms with Gasteiger partial charge in [-0.05, 0) is 68.2 Å². The molecule has 1 unspecified atom stereocenters. The van der Waals surface area contributed by atoms with Crippen molar-refractivity contribution in [3.8, 4) is 0 Å². The number of anilines is 1. The van der Waals surface area contributed by atoms with E-state index in [0.29, 0.717) is 17.2 Å². The highest BCUT2D eigenvalue weighted by molar-refractivity contribution is 7.97. The van der Waals surface area contributed by atoms with Gasteiger partial charge in [-0.2, -0.15) is 5.10 Å². The zero-order chi connectivity index (χ0) is 23.4. The first-order valence-electron chi connectivity index (χ1n) is 11.3. The highest BCUT2D eigenvalue weighted by Crippen LogP contribution is 2.32. The van der Waals surface area contributed by atoms with Crippen molar-refractivity contribution in [2.24, 2.45) is 11.7 Å². The molecular formula is C23H30ClN5O3S. The Labute approximate surface area is 202 Å². The number of carbonyl (C=O) groups is 1. The molecule has 0 radical (unpaired) electrons. The molecular weight excluding hydrogens is 462 g/mol. The predicted octanol–water partition coefficient (Wildman–Crippen LogP) is 3.49. The van der Waals surface area contributed by atoms with Crippen LogP contribution in [0.4, 0.5) is 5.69 Å². The van der Waals surface area contributed by atoms with Gasteiger partial charge in [0.05, 0.1) is 24.5 Å². The zero-order valence-corrected chi connectivity index (χ0v) is 20.3. The summed E-state index contributed by atoms with van der Waals surface area (Å²) in [7, 11) is 0. The fourth-order valence-electron chi connectivity index (χ4n) is 4.22. The molecule has 178 valence electrons. The van der Waals surface area contributed by atoms with E-state index >= 15 is 0 Å². The predicted molar refractivity (Wildman–Crippen MR) is 131 cm³/mol. The molecule has 2 aromatic rings. The summed E-state index contributed by atoms with van der Waals surface area (Å²) in [6.07, 6.45) is 5.41. The standard InChI is InChI=1S/C23H30ClN5O3S/c1-15-4-5-17(22(25)30)11-20(15)33-28-8-6-18(7-9-28)29-23(31)21(24)19(13-27-29)26-12-16-3-2-10-32-14-16/h4-5,11,13,16,18,26H,2-3,6-10,12,14H2,1H3,(H2,25,30). The summed E-state index contributed by atoms with van der Waals surface area (Å²) in [5.41, 5.74) is 7.36. The molecule has 1 aromatic carbocycles. The monoisotopic (exact) mass is 491 g/mol. The van der Waals surface area contributed by atoms with E-state index in [2.05, 4.69) is 14.7 Å². The molecule has 3 heterocycles. The van der Waals surface area contributed by atoms with Crippen LogP contribution < -0.4 is 16.6 Å². The summed E-state index contributed by atoms with van der Waals surface area (Å²) < 4.78 is 9.29. The van der Waals surface area contributed by atoms with Gasteiger partial charge in [-0.25, -0.2) is 8.99 Å². The second kappa shape index (κ2) is 10.9. The van der Waals surface area contributed by atoms with Gasteiger partial charge in [0.1, 0.15) is 5.02 Å². The lowest BCUT2D eigenvalue weighted by molar-refractivity contribution is 0.0595. The lowest BCUT2D eigenvalue weighted by Gasteiger charge is -2.31. The van der Waals surface area contributed by atoms with Crippen molar-refractivity contribution in [1.82, 2.24) is 14.1 Å². The number of aromatic nitrogens is 2. The smallest absolute Gasteiger partial charge is 0.287 e. The topological polar surface area (TPSA) is 102 Å². The van der Waals surface area contributed by atoms with E-state index in [1.807, 2.05) is 19.1 Å². The van der Waals surface area contributed by atoms with E-state index in [1.54, 1.807) is 24.2 Å². The summed E-state index contributed by atoms with van der Waals surface area (Å²) >= 11 is 8.03.